The second kappa shape index (κ2) is 6.20. The van der Waals surface area contributed by atoms with Crippen molar-refractivity contribution in [3.05, 3.63) is 0 Å². The highest BCUT2D eigenvalue weighted by Crippen LogP contribution is 2.60. The van der Waals surface area contributed by atoms with Crippen molar-refractivity contribution in [1.29, 1.82) is 0 Å². The zero-order valence-corrected chi connectivity index (χ0v) is 13.0. The molecule has 23 heavy (non-hydrogen) atoms. The van der Waals surface area contributed by atoms with Crippen LogP contribution in [0.3, 0.4) is 0 Å². The molecule has 0 bridgehead atoms. The molecule has 2 N–H and O–H groups in total. The number of nitrogens with zero attached hydrogens (tertiary/aromatic N) is 1. The Labute approximate surface area is 128 Å². The Morgan fingerprint density at radius 3 is 1.83 bits per heavy atom. The van der Waals surface area contributed by atoms with Gasteiger partial charge in [-0.15, -0.1) is 0 Å². The first kappa shape index (κ1) is 20.7. The maximum Gasteiger partial charge on any atom is 0.513 e. The number of rotatable bonds is 5. The zero-order chi connectivity index (χ0) is 18.3. The van der Waals surface area contributed by atoms with Crippen molar-refractivity contribution >= 4 is 20.8 Å². The lowest BCUT2D eigenvalue weighted by molar-refractivity contribution is -0.147. The molecule has 1 aliphatic rings. The molecular formula is C8H13F6NO6S2. The van der Waals surface area contributed by atoms with Gasteiger partial charge in [0.1, 0.15) is 0 Å². The fraction of sp³-hybridized carbons (Fsp3) is 1.00. The lowest BCUT2D eigenvalue weighted by Gasteiger charge is -2.42. The van der Waals surface area contributed by atoms with E-state index in [9.17, 15) is 34.8 Å². The van der Waals surface area contributed by atoms with E-state index in [4.69, 9.17) is 18.6 Å². The van der Waals surface area contributed by atoms with Crippen LogP contribution in [0.2, 0.25) is 0 Å². The third-order valence-corrected chi connectivity index (χ3v) is 6.69. The van der Waals surface area contributed by atoms with Gasteiger partial charge in [-0.25, -0.2) is 8.42 Å². The highest BCUT2D eigenvalue weighted by molar-refractivity contribution is 8.28. The fourth-order valence-electron chi connectivity index (χ4n) is 1.61. The van der Waals surface area contributed by atoms with Crippen molar-refractivity contribution < 1.29 is 53.3 Å². The van der Waals surface area contributed by atoms with Crippen LogP contribution in [0.15, 0.2) is 0 Å². The molecule has 0 atom stereocenters. The fourth-order valence-corrected chi connectivity index (χ4v) is 4.35. The van der Waals surface area contributed by atoms with Crippen molar-refractivity contribution in [2.45, 2.75) is 30.1 Å². The first-order valence-corrected chi connectivity index (χ1v) is 8.70. The smallest absolute Gasteiger partial charge is 0.348 e. The van der Waals surface area contributed by atoms with Crippen molar-refractivity contribution in [1.82, 2.24) is 3.71 Å². The van der Waals surface area contributed by atoms with Crippen LogP contribution in [-0.2, 0) is 19.5 Å². The SMILES string of the molecule is CC1(CCN(S(O)(O)C(F)(F)F)S(=O)(=O)C(F)(F)F)OCCO1. The first-order chi connectivity index (χ1) is 10.0. The molecule has 0 unspecified atom stereocenters. The molecule has 0 aliphatic carbocycles. The van der Waals surface area contributed by atoms with Crippen LogP contribution in [0.4, 0.5) is 26.3 Å². The van der Waals surface area contributed by atoms with Crippen molar-refractivity contribution in [2.24, 2.45) is 0 Å². The molecule has 1 rings (SSSR count). The van der Waals surface area contributed by atoms with Crippen LogP contribution in [0, 0.1) is 0 Å². The third kappa shape index (κ3) is 4.21. The van der Waals surface area contributed by atoms with E-state index in [-0.39, 0.29) is 13.2 Å². The first-order valence-electron chi connectivity index (χ1n) is 5.76. The van der Waals surface area contributed by atoms with Crippen LogP contribution in [-0.4, -0.2) is 57.8 Å². The van der Waals surface area contributed by atoms with Gasteiger partial charge in [0.2, 0.25) is 0 Å². The summed E-state index contributed by atoms with van der Waals surface area (Å²) in [5.41, 5.74) is -12.2. The molecule has 7 nitrogen and oxygen atoms in total. The highest BCUT2D eigenvalue weighted by Gasteiger charge is 2.61. The van der Waals surface area contributed by atoms with Crippen molar-refractivity contribution in [3.63, 3.8) is 0 Å². The molecule has 1 fully saturated rings. The molecule has 15 heteroatoms. The zero-order valence-electron chi connectivity index (χ0n) is 11.4. The number of alkyl halides is 6. The van der Waals surface area contributed by atoms with Gasteiger partial charge in [-0.3, -0.25) is 9.11 Å². The summed E-state index contributed by atoms with van der Waals surface area (Å²) in [7, 11) is -12.9. The molecule has 1 saturated heterocycles. The van der Waals surface area contributed by atoms with Crippen LogP contribution < -0.4 is 0 Å². The Kier molecular flexibility index (Phi) is 5.58. The molecule has 1 aliphatic heterocycles. The maximum atomic E-state index is 12.6. The number of hydrogen-bond acceptors (Lipinski definition) is 6. The minimum Gasteiger partial charge on any atom is -0.348 e. The Bertz CT molecular complexity index is 526. The summed E-state index contributed by atoms with van der Waals surface area (Å²) >= 11 is 0. The number of sulfonamides is 1. The van der Waals surface area contributed by atoms with Gasteiger partial charge in [0, 0.05) is 13.0 Å². The third-order valence-electron chi connectivity index (χ3n) is 2.80. The summed E-state index contributed by atoms with van der Waals surface area (Å²) in [5.74, 6) is -1.64. The quantitative estimate of drug-likeness (QED) is 0.692. The summed E-state index contributed by atoms with van der Waals surface area (Å²) < 4.78 is 124. The molecule has 0 aromatic carbocycles. The number of hydrogen-bond donors (Lipinski definition) is 2. The molecular weight excluding hydrogens is 384 g/mol. The van der Waals surface area contributed by atoms with Crippen LogP contribution in [0.25, 0.3) is 0 Å². The molecule has 0 aromatic rings. The minimum atomic E-state index is -6.66. The molecule has 0 saturated carbocycles. The van der Waals surface area contributed by atoms with Gasteiger partial charge >= 0.3 is 21.0 Å². The van der Waals surface area contributed by atoms with Crippen LogP contribution >= 0.6 is 10.8 Å². The van der Waals surface area contributed by atoms with Gasteiger partial charge in [-0.05, 0) is 17.7 Å². The van der Waals surface area contributed by atoms with Gasteiger partial charge in [-0.2, -0.15) is 26.3 Å². The van der Waals surface area contributed by atoms with Crippen LogP contribution in [0.5, 0.6) is 0 Å². The van der Waals surface area contributed by atoms with E-state index in [1.54, 1.807) is 0 Å². The van der Waals surface area contributed by atoms with Gasteiger partial charge < -0.3 is 9.47 Å². The largest absolute Gasteiger partial charge is 0.513 e. The highest BCUT2D eigenvalue weighted by atomic mass is 32.3. The topological polar surface area (TPSA) is 96.3 Å². The molecule has 140 valence electrons. The normalized spacial score (nSPS) is 21.0. The lowest BCUT2D eigenvalue weighted by atomic mass is 10.2. The van der Waals surface area contributed by atoms with Crippen LogP contribution in [0.1, 0.15) is 13.3 Å². The van der Waals surface area contributed by atoms with Gasteiger partial charge in [0.05, 0.1) is 13.2 Å². The predicted molar refractivity (Wildman–Crippen MR) is 65.5 cm³/mol. The standard InChI is InChI=1S/C8H13F6NO6S2/c1-6(20-4-5-21-6)2-3-15(22(16,17)7(9,10)11)23(18,19)8(12,13)14/h16-17H,2-5H2,1H3. The second-order valence-electron chi connectivity index (χ2n) is 4.52. The average molecular weight is 397 g/mol. The summed E-state index contributed by atoms with van der Waals surface area (Å²) in [4.78, 5) is 0. The molecule has 0 amide bonds. The maximum absolute atomic E-state index is 12.6. The Balaban J connectivity index is 3.17. The molecule has 0 spiro atoms. The van der Waals surface area contributed by atoms with E-state index >= 15 is 0 Å². The van der Waals surface area contributed by atoms with E-state index < -0.39 is 54.3 Å². The average Bonchev–Trinajstić information content (AvgIpc) is 2.72. The van der Waals surface area contributed by atoms with E-state index in [1.807, 2.05) is 0 Å². The van der Waals surface area contributed by atoms with Crippen molar-refractivity contribution in [2.75, 3.05) is 19.8 Å². The molecule has 0 aromatic heterocycles. The number of ether oxygens (including phenoxy) is 2. The predicted octanol–water partition coefficient (Wildman–Crippen LogP) is 2.48. The number of halogens is 6. The Hall–Kier alpha value is -0.320. The Morgan fingerprint density at radius 1 is 1.04 bits per heavy atom. The molecule has 1 heterocycles. The summed E-state index contributed by atoms with van der Waals surface area (Å²) in [6.45, 7) is -0.367. The summed E-state index contributed by atoms with van der Waals surface area (Å²) in [6, 6.07) is 0. The molecule has 0 radical (unpaired) electrons. The van der Waals surface area contributed by atoms with Crippen molar-refractivity contribution in [3.8, 4) is 0 Å². The van der Waals surface area contributed by atoms with Gasteiger partial charge in [-0.1, -0.05) is 3.71 Å². The van der Waals surface area contributed by atoms with E-state index in [2.05, 4.69) is 0 Å². The Morgan fingerprint density at radius 2 is 1.48 bits per heavy atom. The van der Waals surface area contributed by atoms with E-state index in [0.717, 1.165) is 6.92 Å². The van der Waals surface area contributed by atoms with Gasteiger partial charge in [0.25, 0.3) is 0 Å². The van der Waals surface area contributed by atoms with E-state index in [1.165, 1.54) is 0 Å². The second-order valence-corrected chi connectivity index (χ2v) is 8.55. The summed E-state index contributed by atoms with van der Waals surface area (Å²) in [5, 5.41) is 0. The van der Waals surface area contributed by atoms with Gasteiger partial charge in [0.15, 0.2) is 5.79 Å². The lowest BCUT2D eigenvalue weighted by Crippen LogP contribution is -2.48. The monoisotopic (exact) mass is 397 g/mol. The van der Waals surface area contributed by atoms with E-state index in [0.29, 0.717) is 0 Å². The summed E-state index contributed by atoms with van der Waals surface area (Å²) in [6.07, 6.45) is -0.783. The minimum absolute atomic E-state index is 0.00194.